The lowest BCUT2D eigenvalue weighted by molar-refractivity contribution is -0.116. The predicted molar refractivity (Wildman–Crippen MR) is 80.9 cm³/mol. The molecule has 0 atom stereocenters. The maximum absolute atomic E-state index is 11.6. The first-order valence-electron chi connectivity index (χ1n) is 7.18. The molecule has 1 N–H and O–H groups in total. The van der Waals surface area contributed by atoms with Crippen molar-refractivity contribution >= 4 is 12.0 Å². The number of ether oxygens (including phenoxy) is 3. The summed E-state index contributed by atoms with van der Waals surface area (Å²) in [7, 11) is 1.58. The molecule has 0 unspecified atom stereocenters. The van der Waals surface area contributed by atoms with Crippen molar-refractivity contribution in [3.05, 3.63) is 23.8 Å². The Balaban J connectivity index is 2.08. The molecule has 2 rings (SSSR count). The highest BCUT2D eigenvalue weighted by atomic mass is 16.6. The molecule has 0 spiro atoms. The first kappa shape index (κ1) is 15.2. The van der Waals surface area contributed by atoms with Gasteiger partial charge in [-0.15, -0.1) is 0 Å². The number of hydrogen-bond acceptors (Lipinski definition) is 4. The lowest BCUT2D eigenvalue weighted by Crippen LogP contribution is -2.21. The van der Waals surface area contributed by atoms with Gasteiger partial charge >= 0.3 is 0 Å². The van der Waals surface area contributed by atoms with Crippen LogP contribution in [-0.4, -0.2) is 32.8 Å². The standard InChI is InChI=1S/C16H21NO4/c1-3-4-7-17-15(18)6-5-12-10-13(19-2)16-14(11-12)20-8-9-21-16/h5-6,10-11H,3-4,7-9H2,1-2H3,(H,17,18)/b6-5+. The van der Waals surface area contributed by atoms with Gasteiger partial charge in [0.2, 0.25) is 11.7 Å². The Morgan fingerprint density at radius 3 is 2.95 bits per heavy atom. The Hall–Kier alpha value is -2.17. The molecular weight excluding hydrogens is 270 g/mol. The molecule has 1 aromatic carbocycles. The van der Waals surface area contributed by atoms with E-state index in [9.17, 15) is 4.79 Å². The molecule has 5 heteroatoms. The highest BCUT2D eigenvalue weighted by Crippen LogP contribution is 2.40. The average Bonchev–Trinajstić information content (AvgIpc) is 2.52. The fourth-order valence-electron chi connectivity index (χ4n) is 2.01. The van der Waals surface area contributed by atoms with E-state index in [1.807, 2.05) is 12.1 Å². The molecular formula is C16H21NO4. The van der Waals surface area contributed by atoms with Crippen molar-refractivity contribution in [3.63, 3.8) is 0 Å². The second-order valence-corrected chi connectivity index (χ2v) is 4.73. The van der Waals surface area contributed by atoms with Gasteiger partial charge in [0.05, 0.1) is 7.11 Å². The van der Waals surface area contributed by atoms with Gasteiger partial charge in [-0.1, -0.05) is 13.3 Å². The Kier molecular flexibility index (Phi) is 5.49. The third-order valence-electron chi connectivity index (χ3n) is 3.11. The van der Waals surface area contributed by atoms with Crippen LogP contribution in [0.3, 0.4) is 0 Å². The molecule has 0 fully saturated rings. The quantitative estimate of drug-likeness (QED) is 0.646. The maximum atomic E-state index is 11.6. The van der Waals surface area contributed by atoms with Crippen LogP contribution in [0.5, 0.6) is 17.2 Å². The molecule has 0 saturated carbocycles. The van der Waals surface area contributed by atoms with Gasteiger partial charge in [-0.3, -0.25) is 4.79 Å². The number of unbranched alkanes of at least 4 members (excludes halogenated alkanes) is 1. The van der Waals surface area contributed by atoms with Crippen LogP contribution < -0.4 is 19.5 Å². The van der Waals surface area contributed by atoms with Crippen LogP contribution in [0, 0.1) is 0 Å². The lowest BCUT2D eigenvalue weighted by Gasteiger charge is -2.20. The summed E-state index contributed by atoms with van der Waals surface area (Å²) in [5.74, 6) is 1.77. The molecule has 1 heterocycles. The summed E-state index contributed by atoms with van der Waals surface area (Å²) in [6.07, 6.45) is 5.29. The number of carbonyl (C=O) groups is 1. The fraction of sp³-hybridized carbons (Fsp3) is 0.438. The van der Waals surface area contributed by atoms with E-state index in [-0.39, 0.29) is 5.91 Å². The Bertz CT molecular complexity index is 508. The van der Waals surface area contributed by atoms with Crippen LogP contribution in [-0.2, 0) is 4.79 Å². The van der Waals surface area contributed by atoms with Crippen LogP contribution in [0.2, 0.25) is 0 Å². The van der Waals surface area contributed by atoms with Crippen molar-refractivity contribution in [2.75, 3.05) is 26.9 Å². The number of rotatable bonds is 6. The second kappa shape index (κ2) is 7.57. The highest BCUT2D eigenvalue weighted by molar-refractivity contribution is 5.91. The highest BCUT2D eigenvalue weighted by Gasteiger charge is 2.17. The van der Waals surface area contributed by atoms with Gasteiger partial charge in [0.15, 0.2) is 11.5 Å². The number of benzene rings is 1. The topological polar surface area (TPSA) is 56.8 Å². The molecule has 1 aromatic rings. The number of amides is 1. The van der Waals surface area contributed by atoms with Gasteiger partial charge in [0.1, 0.15) is 13.2 Å². The molecule has 1 aliphatic heterocycles. The lowest BCUT2D eigenvalue weighted by atomic mass is 10.1. The van der Waals surface area contributed by atoms with Crippen LogP contribution in [0.15, 0.2) is 18.2 Å². The Morgan fingerprint density at radius 1 is 1.38 bits per heavy atom. The molecule has 114 valence electrons. The summed E-state index contributed by atoms with van der Waals surface area (Å²) in [4.78, 5) is 11.6. The Labute approximate surface area is 124 Å². The van der Waals surface area contributed by atoms with Gasteiger partial charge in [0.25, 0.3) is 0 Å². The minimum Gasteiger partial charge on any atom is -0.493 e. The van der Waals surface area contributed by atoms with Gasteiger partial charge in [-0.2, -0.15) is 0 Å². The van der Waals surface area contributed by atoms with Crippen molar-refractivity contribution in [2.45, 2.75) is 19.8 Å². The summed E-state index contributed by atoms with van der Waals surface area (Å²) in [6, 6.07) is 3.66. The minimum atomic E-state index is -0.0997. The van der Waals surface area contributed by atoms with Gasteiger partial charge in [-0.25, -0.2) is 0 Å². The van der Waals surface area contributed by atoms with E-state index in [1.54, 1.807) is 13.2 Å². The monoisotopic (exact) mass is 291 g/mol. The van der Waals surface area contributed by atoms with E-state index in [0.29, 0.717) is 37.0 Å². The van der Waals surface area contributed by atoms with Crippen molar-refractivity contribution in [1.29, 1.82) is 0 Å². The summed E-state index contributed by atoms with van der Waals surface area (Å²) < 4.78 is 16.4. The molecule has 5 nitrogen and oxygen atoms in total. The number of methoxy groups -OCH3 is 1. The molecule has 21 heavy (non-hydrogen) atoms. The van der Waals surface area contributed by atoms with Crippen LogP contribution in [0.4, 0.5) is 0 Å². The number of carbonyl (C=O) groups excluding carboxylic acids is 1. The van der Waals surface area contributed by atoms with Gasteiger partial charge in [-0.05, 0) is 30.2 Å². The van der Waals surface area contributed by atoms with E-state index in [2.05, 4.69) is 12.2 Å². The summed E-state index contributed by atoms with van der Waals surface area (Å²) in [5, 5.41) is 2.83. The van der Waals surface area contributed by atoms with Gasteiger partial charge in [0, 0.05) is 12.6 Å². The Morgan fingerprint density at radius 2 is 2.19 bits per heavy atom. The molecule has 1 aliphatic rings. The zero-order chi connectivity index (χ0) is 15.1. The van der Waals surface area contributed by atoms with E-state index < -0.39 is 0 Å². The van der Waals surface area contributed by atoms with E-state index in [0.717, 1.165) is 18.4 Å². The zero-order valence-electron chi connectivity index (χ0n) is 12.5. The largest absolute Gasteiger partial charge is 0.493 e. The fourth-order valence-corrected chi connectivity index (χ4v) is 2.01. The number of hydrogen-bond donors (Lipinski definition) is 1. The normalized spacial score (nSPS) is 13.2. The van der Waals surface area contributed by atoms with Crippen molar-refractivity contribution in [2.24, 2.45) is 0 Å². The van der Waals surface area contributed by atoms with Crippen molar-refractivity contribution < 1.29 is 19.0 Å². The summed E-state index contributed by atoms with van der Waals surface area (Å²) >= 11 is 0. The molecule has 0 bridgehead atoms. The third kappa shape index (κ3) is 4.15. The van der Waals surface area contributed by atoms with Crippen LogP contribution in [0.25, 0.3) is 6.08 Å². The van der Waals surface area contributed by atoms with Crippen molar-refractivity contribution in [3.8, 4) is 17.2 Å². The molecule has 0 aromatic heterocycles. The summed E-state index contributed by atoms with van der Waals surface area (Å²) in [6.45, 7) is 3.81. The van der Waals surface area contributed by atoms with E-state index >= 15 is 0 Å². The van der Waals surface area contributed by atoms with Crippen molar-refractivity contribution in [1.82, 2.24) is 5.32 Å². The number of nitrogens with one attached hydrogen (secondary N) is 1. The average molecular weight is 291 g/mol. The number of fused-ring (bicyclic) bond motifs is 1. The van der Waals surface area contributed by atoms with Crippen LogP contribution in [0.1, 0.15) is 25.3 Å². The van der Waals surface area contributed by atoms with Crippen LogP contribution >= 0.6 is 0 Å². The third-order valence-corrected chi connectivity index (χ3v) is 3.11. The minimum absolute atomic E-state index is 0.0997. The SMILES string of the molecule is CCCCNC(=O)/C=C/c1cc(OC)c2c(c1)OCCO2. The van der Waals surface area contributed by atoms with E-state index in [4.69, 9.17) is 14.2 Å². The molecule has 0 saturated heterocycles. The molecule has 1 amide bonds. The predicted octanol–water partition coefficient (Wildman–Crippen LogP) is 2.40. The van der Waals surface area contributed by atoms with E-state index in [1.165, 1.54) is 6.08 Å². The summed E-state index contributed by atoms with van der Waals surface area (Å²) in [5.41, 5.74) is 0.835. The second-order valence-electron chi connectivity index (χ2n) is 4.73. The maximum Gasteiger partial charge on any atom is 0.243 e. The smallest absolute Gasteiger partial charge is 0.243 e. The first-order valence-corrected chi connectivity index (χ1v) is 7.18. The molecule has 0 aliphatic carbocycles. The van der Waals surface area contributed by atoms with Gasteiger partial charge < -0.3 is 19.5 Å². The zero-order valence-corrected chi connectivity index (χ0v) is 12.5. The molecule has 0 radical (unpaired) electrons. The first-order chi connectivity index (χ1) is 10.2.